The molecule has 0 saturated carbocycles. The molecule has 8 nitrogen and oxygen atoms in total. The second-order valence-electron chi connectivity index (χ2n) is 5.82. The largest absolute Gasteiger partial charge is 0.337 e. The van der Waals surface area contributed by atoms with E-state index in [1.165, 1.54) is 6.07 Å². The van der Waals surface area contributed by atoms with Gasteiger partial charge in [-0.15, -0.1) is 0 Å². The molecule has 0 aliphatic heterocycles. The number of rotatable bonds is 8. The van der Waals surface area contributed by atoms with E-state index < -0.39 is 11.0 Å². The molecule has 0 fully saturated rings. The van der Waals surface area contributed by atoms with Gasteiger partial charge in [0.1, 0.15) is 0 Å². The molecule has 0 heterocycles. The van der Waals surface area contributed by atoms with Gasteiger partial charge >= 0.3 is 6.03 Å². The van der Waals surface area contributed by atoms with Crippen LogP contribution in [0.4, 0.5) is 10.5 Å². The van der Waals surface area contributed by atoms with Crippen LogP contribution >= 0.6 is 0 Å². The normalized spacial score (nSPS) is 10.1. The molecule has 3 amide bonds. The van der Waals surface area contributed by atoms with Gasteiger partial charge in [0.25, 0.3) is 5.69 Å². The first kappa shape index (κ1) is 19.9. The molecule has 8 heteroatoms. The number of hydrogen-bond acceptors (Lipinski definition) is 4. The van der Waals surface area contributed by atoms with Gasteiger partial charge in [0.2, 0.25) is 5.91 Å². The minimum absolute atomic E-state index is 0.00131. The third-order valence-electron chi connectivity index (χ3n) is 3.98. The molecule has 0 bridgehead atoms. The number of amides is 3. The van der Waals surface area contributed by atoms with Crippen LogP contribution < -0.4 is 10.6 Å². The summed E-state index contributed by atoms with van der Waals surface area (Å²) in [6.45, 7) is 2.71. The summed E-state index contributed by atoms with van der Waals surface area (Å²) < 4.78 is 0. The van der Waals surface area contributed by atoms with Crippen molar-refractivity contribution in [3.63, 3.8) is 0 Å². The first-order valence-corrected chi connectivity index (χ1v) is 8.57. The van der Waals surface area contributed by atoms with Crippen molar-refractivity contribution < 1.29 is 14.5 Å². The standard InChI is InChI=1S/C19H22N4O4/c1-2-22(14-15-8-4-3-5-9-15)18(24)13-21-19(25)20-12-16-10-6-7-11-17(16)23(26)27/h3-11H,2,12-14H2,1H3,(H2,20,21,25). The molecule has 2 aromatic rings. The van der Waals surface area contributed by atoms with E-state index in [0.29, 0.717) is 18.7 Å². The Morgan fingerprint density at radius 1 is 1.04 bits per heavy atom. The Morgan fingerprint density at radius 2 is 1.70 bits per heavy atom. The molecule has 0 saturated heterocycles. The number of carbonyl (C=O) groups excluding carboxylic acids is 2. The van der Waals surface area contributed by atoms with Gasteiger partial charge in [0.05, 0.1) is 18.0 Å². The lowest BCUT2D eigenvalue weighted by Gasteiger charge is -2.21. The summed E-state index contributed by atoms with van der Waals surface area (Å²) in [6, 6.07) is 15.2. The summed E-state index contributed by atoms with van der Waals surface area (Å²) in [5.41, 5.74) is 1.34. The molecule has 0 aliphatic rings. The van der Waals surface area contributed by atoms with Crippen LogP contribution in [0.1, 0.15) is 18.1 Å². The molecular weight excluding hydrogens is 348 g/mol. The number of hydrogen-bond donors (Lipinski definition) is 2. The van der Waals surface area contributed by atoms with Gasteiger partial charge in [-0.25, -0.2) is 4.79 Å². The highest BCUT2D eigenvalue weighted by atomic mass is 16.6. The summed E-state index contributed by atoms with van der Waals surface area (Å²) in [4.78, 5) is 36.3. The van der Waals surface area contributed by atoms with E-state index in [1.54, 1.807) is 23.1 Å². The Balaban J connectivity index is 1.82. The predicted octanol–water partition coefficient (Wildman–Crippen LogP) is 2.44. The quantitative estimate of drug-likeness (QED) is 0.550. The lowest BCUT2D eigenvalue weighted by atomic mass is 10.2. The maximum Gasteiger partial charge on any atom is 0.315 e. The molecule has 0 atom stereocenters. The summed E-state index contributed by atoms with van der Waals surface area (Å²) >= 11 is 0. The van der Waals surface area contributed by atoms with E-state index in [-0.39, 0.29) is 24.7 Å². The van der Waals surface area contributed by atoms with Gasteiger partial charge in [-0.3, -0.25) is 14.9 Å². The van der Waals surface area contributed by atoms with Crippen molar-refractivity contribution in [2.24, 2.45) is 0 Å². The molecule has 2 N–H and O–H groups in total. The van der Waals surface area contributed by atoms with Crippen molar-refractivity contribution in [1.29, 1.82) is 0 Å². The van der Waals surface area contributed by atoms with Crippen LogP contribution in [-0.4, -0.2) is 34.9 Å². The van der Waals surface area contributed by atoms with Crippen molar-refractivity contribution in [1.82, 2.24) is 15.5 Å². The van der Waals surface area contributed by atoms with E-state index in [1.807, 2.05) is 37.3 Å². The lowest BCUT2D eigenvalue weighted by Crippen LogP contribution is -2.43. The summed E-state index contributed by atoms with van der Waals surface area (Å²) in [5.74, 6) is -0.206. The van der Waals surface area contributed by atoms with E-state index >= 15 is 0 Å². The molecule has 0 unspecified atom stereocenters. The van der Waals surface area contributed by atoms with Crippen molar-refractivity contribution >= 4 is 17.6 Å². The van der Waals surface area contributed by atoms with Gasteiger partial charge in [0.15, 0.2) is 0 Å². The second-order valence-corrected chi connectivity index (χ2v) is 5.82. The van der Waals surface area contributed by atoms with Crippen LogP contribution in [0, 0.1) is 10.1 Å². The van der Waals surface area contributed by atoms with Crippen LogP contribution in [0.3, 0.4) is 0 Å². The summed E-state index contributed by atoms with van der Waals surface area (Å²) in [5, 5.41) is 16.0. The Kier molecular flexibility index (Phi) is 7.30. The average Bonchev–Trinajstić information content (AvgIpc) is 2.69. The number of urea groups is 1. The minimum atomic E-state index is -0.558. The van der Waals surface area contributed by atoms with E-state index in [2.05, 4.69) is 10.6 Å². The van der Waals surface area contributed by atoms with Crippen LogP contribution in [-0.2, 0) is 17.9 Å². The maximum atomic E-state index is 12.3. The Hall–Kier alpha value is -3.42. The molecule has 142 valence electrons. The molecule has 0 spiro atoms. The molecule has 0 aromatic heterocycles. The molecule has 27 heavy (non-hydrogen) atoms. The molecule has 0 radical (unpaired) electrons. The van der Waals surface area contributed by atoms with E-state index in [4.69, 9.17) is 0 Å². The third-order valence-corrected chi connectivity index (χ3v) is 3.98. The number of nitrogens with zero attached hydrogens (tertiary/aromatic N) is 2. The molecule has 2 aromatic carbocycles. The zero-order valence-corrected chi connectivity index (χ0v) is 15.1. The fourth-order valence-electron chi connectivity index (χ4n) is 2.52. The topological polar surface area (TPSA) is 105 Å². The first-order valence-electron chi connectivity index (χ1n) is 8.57. The number of carbonyl (C=O) groups is 2. The monoisotopic (exact) mass is 370 g/mol. The average molecular weight is 370 g/mol. The van der Waals surface area contributed by atoms with Gasteiger partial charge in [-0.05, 0) is 12.5 Å². The highest BCUT2D eigenvalue weighted by molar-refractivity contribution is 5.84. The van der Waals surface area contributed by atoms with Gasteiger partial charge in [-0.1, -0.05) is 48.5 Å². The van der Waals surface area contributed by atoms with Crippen LogP contribution in [0.2, 0.25) is 0 Å². The lowest BCUT2D eigenvalue weighted by molar-refractivity contribution is -0.385. The maximum absolute atomic E-state index is 12.3. The SMILES string of the molecule is CCN(Cc1ccccc1)C(=O)CNC(=O)NCc1ccccc1[N+](=O)[O-]. The number of nitro benzene ring substituents is 1. The number of benzene rings is 2. The van der Waals surface area contributed by atoms with Crippen molar-refractivity contribution in [3.8, 4) is 0 Å². The van der Waals surface area contributed by atoms with Crippen LogP contribution in [0.25, 0.3) is 0 Å². The number of nitrogens with one attached hydrogen (secondary N) is 2. The van der Waals surface area contributed by atoms with Crippen molar-refractivity contribution in [2.75, 3.05) is 13.1 Å². The zero-order chi connectivity index (χ0) is 19.6. The highest BCUT2D eigenvalue weighted by Gasteiger charge is 2.15. The fraction of sp³-hybridized carbons (Fsp3) is 0.263. The zero-order valence-electron chi connectivity index (χ0n) is 15.1. The van der Waals surface area contributed by atoms with Crippen LogP contribution in [0.5, 0.6) is 0 Å². The predicted molar refractivity (Wildman–Crippen MR) is 101 cm³/mol. The fourth-order valence-corrected chi connectivity index (χ4v) is 2.52. The smallest absolute Gasteiger partial charge is 0.315 e. The number of nitro groups is 1. The Morgan fingerprint density at radius 3 is 2.37 bits per heavy atom. The van der Waals surface area contributed by atoms with Gasteiger partial charge < -0.3 is 15.5 Å². The molecule has 0 aliphatic carbocycles. The minimum Gasteiger partial charge on any atom is -0.337 e. The Labute approximate surface area is 157 Å². The van der Waals surface area contributed by atoms with Gasteiger partial charge in [-0.2, -0.15) is 0 Å². The van der Waals surface area contributed by atoms with Crippen LogP contribution in [0.15, 0.2) is 54.6 Å². The van der Waals surface area contributed by atoms with E-state index in [9.17, 15) is 19.7 Å². The molecular formula is C19H22N4O4. The number of para-hydroxylation sites is 1. The Bertz CT molecular complexity index is 795. The van der Waals surface area contributed by atoms with Crippen molar-refractivity contribution in [3.05, 3.63) is 75.8 Å². The first-order chi connectivity index (χ1) is 13.0. The van der Waals surface area contributed by atoms with Gasteiger partial charge in [0, 0.05) is 24.7 Å². The van der Waals surface area contributed by atoms with Crippen molar-refractivity contribution in [2.45, 2.75) is 20.0 Å². The molecule has 2 rings (SSSR count). The van der Waals surface area contributed by atoms with E-state index in [0.717, 1.165) is 5.56 Å². The second kappa shape index (κ2) is 9.91. The summed E-state index contributed by atoms with van der Waals surface area (Å²) in [6.07, 6.45) is 0. The number of likely N-dealkylation sites (N-methyl/N-ethyl adjacent to an activating group) is 1. The highest BCUT2D eigenvalue weighted by Crippen LogP contribution is 2.16. The summed E-state index contributed by atoms with van der Waals surface area (Å²) in [7, 11) is 0. The third kappa shape index (κ3) is 6.10.